The Kier molecular flexibility index (Phi) is 6.05. The molecule has 0 bridgehead atoms. The highest BCUT2D eigenvalue weighted by Gasteiger charge is 2.54. The van der Waals surface area contributed by atoms with Crippen LogP contribution in [0.25, 0.3) is 0 Å². The molecule has 0 amide bonds. The normalized spacial score (nSPS) is 45.3. The summed E-state index contributed by atoms with van der Waals surface area (Å²) in [6.45, 7) is 15.7. The number of rotatable bonds is 5. The van der Waals surface area contributed by atoms with E-state index in [4.69, 9.17) is 9.78 Å². The number of hydrogen-bond acceptors (Lipinski definition) is 3. The van der Waals surface area contributed by atoms with E-state index in [2.05, 4.69) is 34.3 Å². The second kappa shape index (κ2) is 7.75. The van der Waals surface area contributed by atoms with E-state index in [0.717, 1.165) is 25.7 Å². The third-order valence-electron chi connectivity index (χ3n) is 9.04. The van der Waals surface area contributed by atoms with Crippen LogP contribution in [-0.2, 0) is 14.6 Å². The zero-order chi connectivity index (χ0) is 20.7. The summed E-state index contributed by atoms with van der Waals surface area (Å²) < 4.78 is 0. The third kappa shape index (κ3) is 3.79. The molecular formula is C24H40O4. The minimum atomic E-state index is -0.822. The summed E-state index contributed by atoms with van der Waals surface area (Å²) in [6.07, 6.45) is 9.66. The Morgan fingerprint density at radius 1 is 1.21 bits per heavy atom. The Morgan fingerprint density at radius 2 is 1.93 bits per heavy atom. The summed E-state index contributed by atoms with van der Waals surface area (Å²) in [5, 5.41) is 9.21. The van der Waals surface area contributed by atoms with Gasteiger partial charge in [-0.25, -0.2) is 9.78 Å². The van der Waals surface area contributed by atoms with Gasteiger partial charge in [-0.15, -0.1) is 0 Å². The van der Waals surface area contributed by atoms with Crippen LogP contribution in [0.3, 0.4) is 0 Å². The lowest BCUT2D eigenvalue weighted by Crippen LogP contribution is -2.51. The van der Waals surface area contributed by atoms with E-state index in [1.807, 2.05) is 0 Å². The third-order valence-corrected chi connectivity index (χ3v) is 9.04. The number of aliphatic carboxylic acids is 1. The Bertz CT molecular complexity index is 606. The van der Waals surface area contributed by atoms with Crippen molar-refractivity contribution in [3.8, 4) is 0 Å². The lowest BCUT2D eigenvalue weighted by Gasteiger charge is -2.59. The molecule has 0 aromatic rings. The van der Waals surface area contributed by atoms with E-state index in [0.29, 0.717) is 11.8 Å². The van der Waals surface area contributed by atoms with E-state index < -0.39 is 11.9 Å². The van der Waals surface area contributed by atoms with Gasteiger partial charge >= 0.3 is 5.97 Å². The molecule has 7 atom stereocenters. The number of hydrogen-bond donors (Lipinski definition) is 1. The Hall–Kier alpha value is -0.870. The van der Waals surface area contributed by atoms with Gasteiger partial charge in [-0.2, -0.15) is 0 Å². The highest BCUT2D eigenvalue weighted by Crippen LogP contribution is 2.63. The minimum absolute atomic E-state index is 0.284. The number of carboxylic acid groups (broad SMARTS) is 1. The summed E-state index contributed by atoms with van der Waals surface area (Å²) in [4.78, 5) is 22.6. The van der Waals surface area contributed by atoms with Crippen LogP contribution in [0.2, 0.25) is 0 Å². The number of carboxylic acids is 1. The molecule has 28 heavy (non-hydrogen) atoms. The van der Waals surface area contributed by atoms with Crippen molar-refractivity contribution in [1.82, 2.24) is 0 Å². The first-order valence-corrected chi connectivity index (χ1v) is 11.3. The van der Waals surface area contributed by atoms with Gasteiger partial charge in [-0.1, -0.05) is 32.9 Å². The van der Waals surface area contributed by atoms with Crippen molar-refractivity contribution in [2.24, 2.45) is 28.6 Å². The summed E-state index contributed by atoms with van der Waals surface area (Å²) in [7, 11) is 0. The van der Waals surface area contributed by atoms with Crippen molar-refractivity contribution in [3.05, 3.63) is 12.2 Å². The van der Waals surface area contributed by atoms with E-state index in [1.165, 1.54) is 37.7 Å². The molecule has 1 N–H and O–H groups in total. The Morgan fingerprint density at radius 3 is 2.54 bits per heavy atom. The van der Waals surface area contributed by atoms with Gasteiger partial charge in [-0.05, 0) is 94.3 Å². The van der Waals surface area contributed by atoms with Gasteiger partial charge in [0.25, 0.3) is 0 Å². The molecule has 1 aliphatic heterocycles. The average Bonchev–Trinajstić information content (AvgIpc) is 2.66. The van der Waals surface area contributed by atoms with Crippen LogP contribution in [-0.4, -0.2) is 22.8 Å². The predicted octanol–water partition coefficient (Wildman–Crippen LogP) is 6.16. The van der Waals surface area contributed by atoms with Crippen molar-refractivity contribution in [2.75, 3.05) is 0 Å². The molecular weight excluding hydrogens is 352 g/mol. The molecule has 0 aromatic carbocycles. The van der Waals surface area contributed by atoms with Crippen LogP contribution < -0.4 is 0 Å². The topological polar surface area (TPSA) is 55.8 Å². The first-order chi connectivity index (χ1) is 13.0. The molecule has 4 heteroatoms. The molecule has 4 nitrogen and oxygen atoms in total. The van der Waals surface area contributed by atoms with Crippen LogP contribution in [0.5, 0.6) is 0 Å². The molecule has 0 spiro atoms. The summed E-state index contributed by atoms with van der Waals surface area (Å²) in [5.74, 6) is 0.0363. The summed E-state index contributed by atoms with van der Waals surface area (Å²) >= 11 is 0. The number of fused-ring (bicyclic) bond motifs is 1. The fourth-order valence-electron chi connectivity index (χ4n) is 6.30. The fourth-order valence-corrected chi connectivity index (χ4v) is 6.30. The largest absolute Gasteiger partial charge is 0.481 e. The quantitative estimate of drug-likeness (QED) is 0.450. The van der Waals surface area contributed by atoms with Crippen molar-refractivity contribution >= 4 is 5.97 Å². The van der Waals surface area contributed by atoms with Crippen LogP contribution in [0.1, 0.15) is 92.4 Å². The molecule has 1 heterocycles. The van der Waals surface area contributed by atoms with Crippen molar-refractivity contribution < 1.29 is 19.7 Å². The van der Waals surface area contributed by atoms with Crippen LogP contribution in [0, 0.1) is 28.6 Å². The SMILES string of the molecule is C=C1CCCC2C1(C)CC[C@@H](C)C2(C)CCC1(C)CC[C@H]([C@H](C)C(=O)O)OO1. The molecule has 4 unspecified atom stereocenters. The zero-order valence-electron chi connectivity index (χ0n) is 18.6. The molecule has 1 saturated heterocycles. The van der Waals surface area contributed by atoms with Crippen molar-refractivity contribution in [2.45, 2.75) is 104 Å². The van der Waals surface area contributed by atoms with E-state index in [1.54, 1.807) is 6.92 Å². The maximum atomic E-state index is 11.2. The molecule has 0 radical (unpaired) electrons. The highest BCUT2D eigenvalue weighted by atomic mass is 17.2. The van der Waals surface area contributed by atoms with Gasteiger partial charge in [0.05, 0.1) is 5.92 Å². The maximum absolute atomic E-state index is 11.2. The van der Waals surface area contributed by atoms with E-state index >= 15 is 0 Å². The van der Waals surface area contributed by atoms with Crippen LogP contribution >= 0.6 is 0 Å². The lowest BCUT2D eigenvalue weighted by atomic mass is 9.46. The Balaban J connectivity index is 1.67. The molecule has 2 aliphatic carbocycles. The molecule has 160 valence electrons. The number of carbonyl (C=O) groups is 1. The second-order valence-corrected chi connectivity index (χ2v) is 10.7. The van der Waals surface area contributed by atoms with Gasteiger partial charge in [0, 0.05) is 0 Å². The van der Waals surface area contributed by atoms with Crippen LogP contribution in [0.4, 0.5) is 0 Å². The van der Waals surface area contributed by atoms with Crippen molar-refractivity contribution in [3.63, 3.8) is 0 Å². The standard InChI is InChI=1S/C24H40O4/c1-16-8-7-9-20-23(16,5)13-10-17(2)24(20,6)15-14-22(4)12-11-19(27-28-22)18(3)21(25)26/h17-20H,1,7-15H2,2-6H3,(H,25,26)/t17-,18+,19-,20?,22?,23?,24?/m1/s1. The van der Waals surface area contributed by atoms with Gasteiger partial charge in [0.2, 0.25) is 0 Å². The summed E-state index contributed by atoms with van der Waals surface area (Å²) in [5.41, 5.74) is 1.72. The van der Waals surface area contributed by atoms with E-state index in [9.17, 15) is 9.90 Å². The smallest absolute Gasteiger partial charge is 0.308 e. The minimum Gasteiger partial charge on any atom is -0.481 e. The lowest BCUT2D eigenvalue weighted by molar-refractivity contribution is -0.412. The van der Waals surface area contributed by atoms with Gasteiger partial charge in [0.15, 0.2) is 0 Å². The first kappa shape index (κ1) is 21.8. The molecule has 3 aliphatic rings. The number of allylic oxidation sites excluding steroid dienone is 1. The highest BCUT2D eigenvalue weighted by molar-refractivity contribution is 5.70. The Labute approximate surface area is 171 Å². The summed E-state index contributed by atoms with van der Waals surface area (Å²) in [6, 6.07) is 0. The average molecular weight is 393 g/mol. The molecule has 2 saturated carbocycles. The molecule has 0 aromatic heterocycles. The maximum Gasteiger partial charge on any atom is 0.308 e. The van der Waals surface area contributed by atoms with Gasteiger partial charge in [0.1, 0.15) is 11.7 Å². The molecule has 3 rings (SSSR count). The monoisotopic (exact) mass is 392 g/mol. The van der Waals surface area contributed by atoms with Gasteiger partial charge in [-0.3, -0.25) is 4.79 Å². The molecule has 3 fully saturated rings. The fraction of sp³-hybridized carbons (Fsp3) is 0.875. The van der Waals surface area contributed by atoms with Crippen molar-refractivity contribution in [1.29, 1.82) is 0 Å². The van der Waals surface area contributed by atoms with Crippen LogP contribution in [0.15, 0.2) is 12.2 Å². The predicted molar refractivity (Wildman–Crippen MR) is 111 cm³/mol. The second-order valence-electron chi connectivity index (χ2n) is 10.7. The van der Waals surface area contributed by atoms with Gasteiger partial charge < -0.3 is 5.11 Å². The van der Waals surface area contributed by atoms with E-state index in [-0.39, 0.29) is 22.5 Å². The first-order valence-electron chi connectivity index (χ1n) is 11.3. The zero-order valence-corrected chi connectivity index (χ0v) is 18.6.